The van der Waals surface area contributed by atoms with E-state index in [1.54, 1.807) is 17.5 Å². The van der Waals surface area contributed by atoms with Crippen LogP contribution < -0.4 is 11.3 Å². The molecule has 2 aromatic heterocycles. The molecule has 3 aromatic rings. The van der Waals surface area contributed by atoms with Crippen molar-refractivity contribution in [1.82, 2.24) is 15.2 Å². The van der Waals surface area contributed by atoms with Crippen molar-refractivity contribution in [1.29, 1.82) is 0 Å². The van der Waals surface area contributed by atoms with Gasteiger partial charge in [0.15, 0.2) is 0 Å². The zero-order valence-electron chi connectivity index (χ0n) is 10.5. The van der Waals surface area contributed by atoms with Crippen molar-refractivity contribution < 1.29 is 0 Å². The summed E-state index contributed by atoms with van der Waals surface area (Å²) in [5.41, 5.74) is 4.89. The summed E-state index contributed by atoms with van der Waals surface area (Å²) in [6.07, 6.45) is 1.79. The largest absolute Gasteiger partial charge is 0.270 e. The maximum absolute atomic E-state index is 5.77. The highest BCUT2D eigenvalue weighted by Gasteiger charge is 2.21. The monoisotopic (exact) mass is 348 g/mol. The molecule has 0 fully saturated rings. The highest BCUT2D eigenvalue weighted by Crippen LogP contribution is 2.33. The first-order valence-electron chi connectivity index (χ1n) is 6.09. The van der Waals surface area contributed by atoms with Crippen molar-refractivity contribution in [3.8, 4) is 5.69 Å². The molecule has 20 heavy (non-hydrogen) atoms. The van der Waals surface area contributed by atoms with Gasteiger partial charge in [0.2, 0.25) is 0 Å². The average Bonchev–Trinajstić information content (AvgIpc) is 3.11. The van der Waals surface area contributed by atoms with Gasteiger partial charge in [0, 0.05) is 15.5 Å². The lowest BCUT2D eigenvalue weighted by molar-refractivity contribution is 0.604. The molecule has 3 N–H and O–H groups in total. The zero-order valence-corrected chi connectivity index (χ0v) is 12.9. The second-order valence-corrected chi connectivity index (χ2v) is 6.04. The number of halogens is 1. The van der Waals surface area contributed by atoms with Crippen molar-refractivity contribution >= 4 is 27.3 Å². The maximum atomic E-state index is 5.77. The van der Waals surface area contributed by atoms with Crippen LogP contribution in [0.5, 0.6) is 0 Å². The lowest BCUT2D eigenvalue weighted by atomic mass is 10.1. The second-order valence-electron chi connectivity index (χ2n) is 4.24. The molecule has 1 atom stereocenters. The zero-order chi connectivity index (χ0) is 13.9. The molecule has 0 bridgehead atoms. The van der Waals surface area contributed by atoms with Gasteiger partial charge in [-0.05, 0) is 45.6 Å². The molecule has 1 unspecified atom stereocenters. The van der Waals surface area contributed by atoms with Crippen molar-refractivity contribution in [2.45, 2.75) is 6.04 Å². The summed E-state index contributed by atoms with van der Waals surface area (Å²) in [5.74, 6) is 5.77. The second kappa shape index (κ2) is 5.88. The van der Waals surface area contributed by atoms with Gasteiger partial charge in [-0.15, -0.1) is 11.3 Å². The number of hydrazine groups is 1. The minimum atomic E-state index is -0.105. The number of benzene rings is 1. The summed E-state index contributed by atoms with van der Waals surface area (Å²) < 4.78 is 2.95. The van der Waals surface area contributed by atoms with E-state index in [4.69, 9.17) is 5.84 Å². The number of rotatable bonds is 4. The van der Waals surface area contributed by atoms with Crippen LogP contribution in [-0.4, -0.2) is 9.78 Å². The van der Waals surface area contributed by atoms with Crippen LogP contribution in [0, 0.1) is 0 Å². The summed E-state index contributed by atoms with van der Waals surface area (Å²) in [7, 11) is 0. The number of nitrogens with zero attached hydrogens (tertiary/aromatic N) is 2. The molecule has 0 spiro atoms. The van der Waals surface area contributed by atoms with Gasteiger partial charge < -0.3 is 0 Å². The van der Waals surface area contributed by atoms with Crippen LogP contribution in [0.15, 0.2) is 58.5 Å². The van der Waals surface area contributed by atoms with E-state index in [0.29, 0.717) is 0 Å². The predicted octanol–water partition coefficient (Wildman–Crippen LogP) is 3.25. The number of thiophene rings is 1. The predicted molar refractivity (Wildman–Crippen MR) is 84.7 cm³/mol. The van der Waals surface area contributed by atoms with Crippen LogP contribution >= 0.6 is 27.3 Å². The van der Waals surface area contributed by atoms with Gasteiger partial charge in [-0.1, -0.05) is 18.2 Å². The molecular weight excluding hydrogens is 336 g/mol. The summed E-state index contributed by atoms with van der Waals surface area (Å²) in [6, 6.07) is 13.9. The van der Waals surface area contributed by atoms with Crippen LogP contribution in [-0.2, 0) is 0 Å². The molecule has 1 aromatic carbocycles. The normalized spacial score (nSPS) is 12.5. The van der Waals surface area contributed by atoms with Gasteiger partial charge in [-0.2, -0.15) is 5.10 Å². The fraction of sp³-hybridized carbons (Fsp3) is 0.0714. The third kappa shape index (κ3) is 2.43. The van der Waals surface area contributed by atoms with E-state index in [0.717, 1.165) is 20.7 Å². The topological polar surface area (TPSA) is 55.9 Å². The van der Waals surface area contributed by atoms with Gasteiger partial charge in [0.1, 0.15) is 0 Å². The van der Waals surface area contributed by atoms with Crippen LogP contribution in [0.25, 0.3) is 5.69 Å². The molecule has 0 saturated carbocycles. The number of nitrogens with two attached hydrogens (primary N) is 1. The Balaban J connectivity index is 2.07. The highest BCUT2D eigenvalue weighted by atomic mass is 79.9. The van der Waals surface area contributed by atoms with Gasteiger partial charge in [-0.3, -0.25) is 5.84 Å². The molecule has 0 aliphatic rings. The van der Waals surface area contributed by atoms with E-state index in [1.807, 2.05) is 52.5 Å². The molecule has 2 heterocycles. The smallest absolute Gasteiger partial charge is 0.0985 e. The summed E-state index contributed by atoms with van der Waals surface area (Å²) in [6.45, 7) is 0. The lowest BCUT2D eigenvalue weighted by Gasteiger charge is -2.17. The first-order chi connectivity index (χ1) is 9.81. The molecule has 102 valence electrons. The molecule has 0 radical (unpaired) electrons. The van der Waals surface area contributed by atoms with Crippen molar-refractivity contribution in [2.24, 2.45) is 5.84 Å². The van der Waals surface area contributed by atoms with Crippen LogP contribution in [0.1, 0.15) is 16.6 Å². The summed E-state index contributed by atoms with van der Waals surface area (Å²) in [4.78, 5) is 1.13. The van der Waals surface area contributed by atoms with E-state index in [1.165, 1.54) is 0 Å². The fourth-order valence-corrected chi connectivity index (χ4v) is 3.80. The Bertz CT molecular complexity index is 692. The fourth-order valence-electron chi connectivity index (χ4n) is 2.12. The summed E-state index contributed by atoms with van der Waals surface area (Å²) in [5, 5.41) is 6.44. The Hall–Kier alpha value is -1.47. The standard InChI is InChI=1S/C14H13BrN4S/c15-11-7-9-20-14(11)13(18-16)12-6-8-17-19(12)10-4-2-1-3-5-10/h1-9,13,18H,16H2. The molecular formula is C14H13BrN4S. The van der Waals surface area contributed by atoms with Gasteiger partial charge in [0.05, 0.1) is 17.4 Å². The first-order valence-corrected chi connectivity index (χ1v) is 7.77. The third-order valence-electron chi connectivity index (χ3n) is 3.04. The maximum Gasteiger partial charge on any atom is 0.0985 e. The molecule has 4 nitrogen and oxygen atoms in total. The molecule has 0 saturated heterocycles. The Labute approximate surface area is 129 Å². The van der Waals surface area contributed by atoms with Gasteiger partial charge >= 0.3 is 0 Å². The first kappa shape index (κ1) is 13.5. The van der Waals surface area contributed by atoms with E-state index >= 15 is 0 Å². The number of nitrogens with one attached hydrogen (secondary N) is 1. The van der Waals surface area contributed by atoms with Crippen molar-refractivity contribution in [3.63, 3.8) is 0 Å². The Morgan fingerprint density at radius 3 is 2.65 bits per heavy atom. The number of aromatic nitrogens is 2. The highest BCUT2D eigenvalue weighted by molar-refractivity contribution is 9.10. The van der Waals surface area contributed by atoms with E-state index in [-0.39, 0.29) is 6.04 Å². The Morgan fingerprint density at radius 1 is 1.20 bits per heavy atom. The van der Waals surface area contributed by atoms with Crippen LogP contribution in [0.3, 0.4) is 0 Å². The van der Waals surface area contributed by atoms with Gasteiger partial charge in [0.25, 0.3) is 0 Å². The minimum absolute atomic E-state index is 0.105. The van der Waals surface area contributed by atoms with Crippen LogP contribution in [0.2, 0.25) is 0 Å². The Morgan fingerprint density at radius 2 is 2.00 bits per heavy atom. The van der Waals surface area contributed by atoms with Gasteiger partial charge in [-0.25, -0.2) is 10.1 Å². The molecule has 6 heteroatoms. The summed E-state index contributed by atoms with van der Waals surface area (Å²) >= 11 is 5.21. The lowest BCUT2D eigenvalue weighted by Crippen LogP contribution is -2.30. The van der Waals surface area contributed by atoms with Crippen LogP contribution in [0.4, 0.5) is 0 Å². The van der Waals surface area contributed by atoms with E-state index in [2.05, 4.69) is 26.5 Å². The average molecular weight is 349 g/mol. The number of hydrogen-bond acceptors (Lipinski definition) is 4. The van der Waals surface area contributed by atoms with E-state index in [9.17, 15) is 0 Å². The SMILES string of the molecule is NNC(c1sccc1Br)c1ccnn1-c1ccccc1. The molecule has 0 aliphatic heterocycles. The van der Waals surface area contributed by atoms with E-state index < -0.39 is 0 Å². The molecule has 0 aliphatic carbocycles. The van der Waals surface area contributed by atoms with Crippen molar-refractivity contribution in [3.05, 3.63) is 69.1 Å². The molecule has 3 rings (SSSR count). The van der Waals surface area contributed by atoms with Crippen molar-refractivity contribution in [2.75, 3.05) is 0 Å². The quantitative estimate of drug-likeness (QED) is 0.562. The number of para-hydroxylation sites is 1. The Kier molecular flexibility index (Phi) is 3.98. The minimum Gasteiger partial charge on any atom is -0.270 e. The molecule has 0 amide bonds. The number of hydrogen-bond donors (Lipinski definition) is 2. The third-order valence-corrected chi connectivity index (χ3v) is 4.98.